The molecule has 1 unspecified atom stereocenters. The van der Waals surface area contributed by atoms with Crippen molar-refractivity contribution in [3.05, 3.63) is 76.0 Å². The molecular formula is C22H23FN4O3S. The summed E-state index contributed by atoms with van der Waals surface area (Å²) in [7, 11) is 0. The monoisotopic (exact) mass is 442 g/mol. The Balaban J connectivity index is 1.36. The number of rotatable bonds is 10. The molecule has 0 bridgehead atoms. The van der Waals surface area contributed by atoms with E-state index in [2.05, 4.69) is 33.0 Å². The lowest BCUT2D eigenvalue weighted by Crippen LogP contribution is -2.35. The number of aromatic nitrogens is 2. The Labute approximate surface area is 183 Å². The smallest absolute Gasteiger partial charge is 0.286 e. The fourth-order valence-electron chi connectivity index (χ4n) is 2.77. The minimum atomic E-state index is -0.444. The molecule has 3 aromatic rings. The van der Waals surface area contributed by atoms with Crippen LogP contribution in [0.15, 0.2) is 54.6 Å². The molecule has 31 heavy (non-hydrogen) atoms. The van der Waals surface area contributed by atoms with Crippen molar-refractivity contribution < 1.29 is 18.7 Å². The van der Waals surface area contributed by atoms with Crippen molar-refractivity contribution >= 4 is 28.8 Å². The highest BCUT2D eigenvalue weighted by Gasteiger charge is 2.14. The Morgan fingerprint density at radius 1 is 1.10 bits per heavy atom. The summed E-state index contributed by atoms with van der Waals surface area (Å²) >= 11 is 1.07. The number of anilines is 1. The fraction of sp³-hybridized carbons (Fsp3) is 0.273. The Morgan fingerprint density at radius 3 is 2.58 bits per heavy atom. The van der Waals surface area contributed by atoms with E-state index in [9.17, 15) is 14.0 Å². The van der Waals surface area contributed by atoms with Crippen molar-refractivity contribution in [3.63, 3.8) is 0 Å². The van der Waals surface area contributed by atoms with Gasteiger partial charge in [0.15, 0.2) is 0 Å². The number of halogens is 1. The van der Waals surface area contributed by atoms with Crippen LogP contribution in [0, 0.1) is 5.82 Å². The van der Waals surface area contributed by atoms with Gasteiger partial charge in [-0.3, -0.25) is 9.59 Å². The van der Waals surface area contributed by atoms with Crippen LogP contribution in [-0.2, 0) is 22.6 Å². The minimum Gasteiger partial charge on any atom is -0.364 e. The number of benzene rings is 2. The average Bonchev–Trinajstić information content (AvgIpc) is 3.24. The highest BCUT2D eigenvalue weighted by atomic mass is 32.1. The number of aryl methyl sites for hydroxylation is 1. The Bertz CT molecular complexity index is 996. The molecule has 1 atom stereocenters. The van der Waals surface area contributed by atoms with Gasteiger partial charge in [-0.1, -0.05) is 41.7 Å². The lowest BCUT2D eigenvalue weighted by molar-refractivity contribution is -0.126. The summed E-state index contributed by atoms with van der Waals surface area (Å²) in [4.78, 5) is 24.2. The van der Waals surface area contributed by atoms with Crippen LogP contribution >= 0.6 is 11.3 Å². The highest BCUT2D eigenvalue weighted by Crippen LogP contribution is 2.14. The molecule has 0 aliphatic rings. The Hall–Kier alpha value is -3.17. The van der Waals surface area contributed by atoms with Crippen molar-refractivity contribution in [1.82, 2.24) is 15.5 Å². The van der Waals surface area contributed by atoms with E-state index < -0.39 is 5.91 Å². The number of amides is 2. The average molecular weight is 443 g/mol. The molecule has 1 heterocycles. The third-order valence-electron chi connectivity index (χ3n) is 4.34. The Kier molecular flexibility index (Phi) is 8.19. The van der Waals surface area contributed by atoms with Crippen LogP contribution in [0.5, 0.6) is 0 Å². The maximum Gasteiger partial charge on any atom is 0.286 e. The molecule has 0 saturated carbocycles. The maximum absolute atomic E-state index is 12.9. The molecule has 0 aliphatic carbocycles. The molecule has 2 amide bonds. The summed E-state index contributed by atoms with van der Waals surface area (Å²) in [6.07, 6.45) is 1.72. The van der Waals surface area contributed by atoms with E-state index in [1.165, 1.54) is 29.8 Å². The standard InChI is InChI=1S/C22H23FN4O3S/c1-15(7-8-16-5-3-2-4-6-16)24-19(28)13-30-14-20-26-27-22(31-20)21(29)25-18-11-9-17(23)10-12-18/h2-6,9-12,15H,7-8,13-14H2,1H3,(H,24,28)(H,25,29). The first-order valence-electron chi connectivity index (χ1n) is 9.80. The fourth-order valence-corrected chi connectivity index (χ4v) is 3.44. The zero-order chi connectivity index (χ0) is 22.1. The third kappa shape index (κ3) is 7.54. The van der Waals surface area contributed by atoms with Crippen molar-refractivity contribution in [3.8, 4) is 0 Å². The first kappa shape index (κ1) is 22.5. The molecule has 0 spiro atoms. The Morgan fingerprint density at radius 2 is 1.84 bits per heavy atom. The molecular weight excluding hydrogens is 419 g/mol. The summed E-state index contributed by atoms with van der Waals surface area (Å²) in [5.41, 5.74) is 1.69. The number of nitrogens with zero attached hydrogens (tertiary/aromatic N) is 2. The van der Waals surface area contributed by atoms with E-state index in [0.29, 0.717) is 10.7 Å². The van der Waals surface area contributed by atoms with Gasteiger partial charge in [0.1, 0.15) is 24.0 Å². The minimum absolute atomic E-state index is 0.0274. The van der Waals surface area contributed by atoms with Gasteiger partial charge in [-0.05, 0) is 49.6 Å². The van der Waals surface area contributed by atoms with Crippen molar-refractivity contribution in [1.29, 1.82) is 0 Å². The number of carbonyl (C=O) groups is 2. The van der Waals surface area contributed by atoms with Gasteiger partial charge in [-0.15, -0.1) is 10.2 Å². The van der Waals surface area contributed by atoms with E-state index in [-0.39, 0.29) is 36.0 Å². The molecule has 0 fully saturated rings. The van der Waals surface area contributed by atoms with Gasteiger partial charge in [0.2, 0.25) is 10.9 Å². The van der Waals surface area contributed by atoms with Gasteiger partial charge in [-0.25, -0.2) is 4.39 Å². The van der Waals surface area contributed by atoms with Crippen LogP contribution in [0.25, 0.3) is 0 Å². The van der Waals surface area contributed by atoms with Crippen LogP contribution < -0.4 is 10.6 Å². The van der Waals surface area contributed by atoms with Gasteiger partial charge >= 0.3 is 0 Å². The van der Waals surface area contributed by atoms with E-state index in [1.54, 1.807) is 0 Å². The molecule has 0 aliphatic heterocycles. The van der Waals surface area contributed by atoms with Gasteiger partial charge in [0, 0.05) is 11.7 Å². The molecule has 1 aromatic heterocycles. The van der Waals surface area contributed by atoms with Crippen LogP contribution in [0.3, 0.4) is 0 Å². The predicted molar refractivity (Wildman–Crippen MR) is 116 cm³/mol. The summed E-state index contributed by atoms with van der Waals surface area (Å²) < 4.78 is 18.3. The molecule has 0 radical (unpaired) electrons. The molecule has 3 rings (SSSR count). The number of ether oxygens (including phenoxy) is 1. The third-order valence-corrected chi connectivity index (χ3v) is 5.23. The van der Waals surface area contributed by atoms with Gasteiger partial charge in [0.05, 0.1) is 0 Å². The molecule has 0 saturated heterocycles. The second-order valence-electron chi connectivity index (χ2n) is 6.95. The van der Waals surface area contributed by atoms with E-state index >= 15 is 0 Å². The highest BCUT2D eigenvalue weighted by molar-refractivity contribution is 7.13. The second kappa shape index (κ2) is 11.3. The lowest BCUT2D eigenvalue weighted by Gasteiger charge is -2.13. The quantitative estimate of drug-likeness (QED) is 0.501. The summed E-state index contributed by atoms with van der Waals surface area (Å²) in [5.74, 6) is -1.04. The first-order chi connectivity index (χ1) is 15.0. The number of hydrogen-bond donors (Lipinski definition) is 2. The number of carbonyl (C=O) groups excluding carboxylic acids is 2. The SMILES string of the molecule is CC(CCc1ccccc1)NC(=O)COCc1nnc(C(=O)Nc2ccc(F)cc2)s1. The van der Waals surface area contributed by atoms with Crippen LogP contribution in [0.1, 0.15) is 33.7 Å². The summed E-state index contributed by atoms with van der Waals surface area (Å²) in [6, 6.07) is 15.5. The maximum atomic E-state index is 12.9. The van der Waals surface area contributed by atoms with E-state index in [1.807, 2.05) is 25.1 Å². The van der Waals surface area contributed by atoms with Gasteiger partial charge < -0.3 is 15.4 Å². The molecule has 7 nitrogen and oxygen atoms in total. The summed E-state index contributed by atoms with van der Waals surface area (Å²) in [5, 5.41) is 13.9. The van der Waals surface area contributed by atoms with E-state index in [4.69, 9.17) is 4.74 Å². The summed E-state index contributed by atoms with van der Waals surface area (Å²) in [6.45, 7) is 1.93. The van der Waals surface area contributed by atoms with E-state index in [0.717, 1.165) is 24.2 Å². The van der Waals surface area contributed by atoms with Crippen molar-refractivity contribution in [2.75, 3.05) is 11.9 Å². The molecule has 9 heteroatoms. The van der Waals surface area contributed by atoms with Crippen molar-refractivity contribution in [2.24, 2.45) is 0 Å². The van der Waals surface area contributed by atoms with Gasteiger partial charge in [-0.2, -0.15) is 0 Å². The van der Waals surface area contributed by atoms with Gasteiger partial charge in [0.25, 0.3) is 5.91 Å². The lowest BCUT2D eigenvalue weighted by atomic mass is 10.1. The zero-order valence-electron chi connectivity index (χ0n) is 17.0. The number of hydrogen-bond acceptors (Lipinski definition) is 6. The topological polar surface area (TPSA) is 93.2 Å². The van der Waals surface area contributed by atoms with Crippen LogP contribution in [0.2, 0.25) is 0 Å². The zero-order valence-corrected chi connectivity index (χ0v) is 17.8. The predicted octanol–water partition coefficient (Wildman–Crippen LogP) is 3.58. The number of nitrogens with one attached hydrogen (secondary N) is 2. The van der Waals surface area contributed by atoms with Crippen LogP contribution in [-0.4, -0.2) is 34.7 Å². The largest absolute Gasteiger partial charge is 0.364 e. The molecule has 162 valence electrons. The molecule has 2 N–H and O–H groups in total. The second-order valence-corrected chi connectivity index (χ2v) is 8.01. The molecule has 2 aromatic carbocycles. The van der Waals surface area contributed by atoms with Crippen LogP contribution in [0.4, 0.5) is 10.1 Å². The van der Waals surface area contributed by atoms with Crippen molar-refractivity contribution in [2.45, 2.75) is 32.4 Å². The first-order valence-corrected chi connectivity index (χ1v) is 10.6. The normalized spacial score (nSPS) is 11.7.